The quantitative estimate of drug-likeness (QED) is 0.735. The normalized spacial score (nSPS) is 12.4. The van der Waals surface area contributed by atoms with Crippen LogP contribution < -0.4 is 9.88 Å². The van der Waals surface area contributed by atoms with E-state index in [1.165, 1.54) is 18.2 Å². The Kier molecular flexibility index (Phi) is 5.52. The molecule has 0 unspecified atom stereocenters. The first-order valence-electron chi connectivity index (χ1n) is 7.37. The van der Waals surface area contributed by atoms with E-state index in [4.69, 9.17) is 9.88 Å². The third-order valence-corrected chi connectivity index (χ3v) is 5.15. The lowest BCUT2D eigenvalue weighted by Crippen LogP contribution is -2.15. The number of sulfonamides is 1. The molecule has 0 saturated heterocycles. The maximum atomic E-state index is 11.9. The fraction of sp³-hybridized carbons (Fsp3) is 0.250. The van der Waals surface area contributed by atoms with Crippen molar-refractivity contribution in [1.82, 2.24) is 0 Å². The molecule has 0 aliphatic rings. The molecule has 3 N–H and O–H groups in total. The minimum Gasteiger partial charge on any atom is -0.493 e. The van der Waals surface area contributed by atoms with Gasteiger partial charge >= 0.3 is 0 Å². The molecule has 0 spiro atoms. The zero-order chi connectivity index (χ0) is 18.8. The molecule has 2 aromatic carbocycles. The van der Waals surface area contributed by atoms with Crippen molar-refractivity contribution in [2.45, 2.75) is 23.6 Å². The molecule has 0 saturated carbocycles. The fourth-order valence-electron chi connectivity index (χ4n) is 2.28. The minimum atomic E-state index is -4.69. The average Bonchev–Trinajstić information content (AvgIpc) is 2.50. The molecular formula is C16H19NO6S2. The van der Waals surface area contributed by atoms with Gasteiger partial charge in [0.05, 0.1) is 11.5 Å². The van der Waals surface area contributed by atoms with Crippen LogP contribution in [0.25, 0.3) is 11.1 Å². The molecule has 2 aromatic rings. The summed E-state index contributed by atoms with van der Waals surface area (Å²) in [5, 5.41) is 5.23. The lowest BCUT2D eigenvalue weighted by Gasteiger charge is -2.17. The van der Waals surface area contributed by atoms with Crippen molar-refractivity contribution in [3.63, 3.8) is 0 Å². The first-order chi connectivity index (χ1) is 11.5. The number of hydrogen-bond donors (Lipinski definition) is 2. The van der Waals surface area contributed by atoms with Gasteiger partial charge < -0.3 is 4.74 Å². The van der Waals surface area contributed by atoms with Gasteiger partial charge in [-0.1, -0.05) is 38.1 Å². The lowest BCUT2D eigenvalue weighted by molar-refractivity contribution is 0.272. The molecule has 25 heavy (non-hydrogen) atoms. The van der Waals surface area contributed by atoms with E-state index < -0.39 is 29.9 Å². The van der Waals surface area contributed by atoms with E-state index in [1.807, 2.05) is 13.8 Å². The smallest absolute Gasteiger partial charge is 0.295 e. The molecule has 9 heteroatoms. The Morgan fingerprint density at radius 3 is 2.16 bits per heavy atom. The van der Waals surface area contributed by atoms with Crippen molar-refractivity contribution in [3.8, 4) is 16.9 Å². The van der Waals surface area contributed by atoms with Crippen LogP contribution in [-0.2, 0) is 20.1 Å². The summed E-state index contributed by atoms with van der Waals surface area (Å²) in [6.45, 7) is 4.21. The molecule has 0 bridgehead atoms. The summed E-state index contributed by atoms with van der Waals surface area (Å²) in [4.78, 5) is -0.970. The third-order valence-electron chi connectivity index (χ3n) is 3.30. The number of primary sulfonamides is 1. The number of para-hydroxylation sites is 1. The van der Waals surface area contributed by atoms with Crippen LogP contribution in [0.2, 0.25) is 0 Å². The Balaban J connectivity index is 2.83. The average molecular weight is 385 g/mol. The van der Waals surface area contributed by atoms with Gasteiger partial charge in [0.15, 0.2) is 0 Å². The Labute approximate surface area is 147 Å². The van der Waals surface area contributed by atoms with Crippen LogP contribution in [0.1, 0.15) is 13.8 Å². The third kappa shape index (κ3) is 4.57. The Morgan fingerprint density at radius 1 is 1.00 bits per heavy atom. The van der Waals surface area contributed by atoms with Gasteiger partial charge in [-0.3, -0.25) is 4.55 Å². The van der Waals surface area contributed by atoms with Crippen LogP contribution in [0.4, 0.5) is 0 Å². The van der Waals surface area contributed by atoms with Crippen molar-refractivity contribution < 1.29 is 26.1 Å². The molecule has 0 aliphatic carbocycles. The molecule has 0 fully saturated rings. The summed E-state index contributed by atoms with van der Waals surface area (Å²) in [6, 6.07) is 9.86. The van der Waals surface area contributed by atoms with Crippen molar-refractivity contribution in [2.24, 2.45) is 11.1 Å². The van der Waals surface area contributed by atoms with Gasteiger partial charge in [0, 0.05) is 11.1 Å². The highest BCUT2D eigenvalue weighted by atomic mass is 32.2. The number of ether oxygens (including phenoxy) is 1. The molecule has 2 rings (SSSR count). The zero-order valence-corrected chi connectivity index (χ0v) is 15.3. The lowest BCUT2D eigenvalue weighted by atomic mass is 10.0. The zero-order valence-electron chi connectivity index (χ0n) is 13.7. The second kappa shape index (κ2) is 7.12. The molecule has 136 valence electrons. The topological polar surface area (TPSA) is 124 Å². The van der Waals surface area contributed by atoms with Crippen LogP contribution in [0.15, 0.2) is 52.3 Å². The van der Waals surface area contributed by atoms with E-state index in [0.29, 0.717) is 6.61 Å². The Morgan fingerprint density at radius 2 is 1.60 bits per heavy atom. The Hall–Kier alpha value is -1.94. The van der Waals surface area contributed by atoms with Gasteiger partial charge in [0.25, 0.3) is 10.1 Å². The van der Waals surface area contributed by atoms with Crippen molar-refractivity contribution >= 4 is 20.1 Å². The molecule has 0 radical (unpaired) electrons. The fourth-order valence-corrected chi connectivity index (χ4v) is 3.85. The van der Waals surface area contributed by atoms with E-state index in [1.54, 1.807) is 18.2 Å². The van der Waals surface area contributed by atoms with Gasteiger partial charge in [0.1, 0.15) is 10.6 Å². The number of rotatable bonds is 6. The second-order valence-electron chi connectivity index (χ2n) is 5.85. The predicted octanol–water partition coefficient (Wildman–Crippen LogP) is 2.28. The highest BCUT2D eigenvalue weighted by molar-refractivity contribution is 7.89. The molecule has 0 aromatic heterocycles. The Bertz CT molecular complexity index is 931. The van der Waals surface area contributed by atoms with Crippen molar-refractivity contribution in [2.75, 3.05) is 6.61 Å². The van der Waals surface area contributed by atoms with Crippen molar-refractivity contribution in [1.29, 1.82) is 0 Å². The first kappa shape index (κ1) is 19.4. The van der Waals surface area contributed by atoms with E-state index in [9.17, 15) is 21.4 Å². The summed E-state index contributed by atoms with van der Waals surface area (Å²) in [5.41, 5.74) is -0.00717. The largest absolute Gasteiger partial charge is 0.493 e. The highest BCUT2D eigenvalue weighted by Gasteiger charge is 2.26. The van der Waals surface area contributed by atoms with Crippen LogP contribution in [0.3, 0.4) is 0 Å². The van der Waals surface area contributed by atoms with Crippen LogP contribution in [-0.4, -0.2) is 28.0 Å². The second-order valence-corrected chi connectivity index (χ2v) is 8.77. The van der Waals surface area contributed by atoms with Crippen LogP contribution in [0.5, 0.6) is 5.75 Å². The predicted molar refractivity (Wildman–Crippen MR) is 93.4 cm³/mol. The maximum Gasteiger partial charge on any atom is 0.295 e. The number of hydrogen-bond acceptors (Lipinski definition) is 5. The summed E-state index contributed by atoms with van der Waals surface area (Å²) >= 11 is 0. The van der Waals surface area contributed by atoms with E-state index in [-0.39, 0.29) is 22.8 Å². The van der Waals surface area contributed by atoms with Gasteiger partial charge in [-0.25, -0.2) is 13.6 Å². The summed E-state index contributed by atoms with van der Waals surface area (Å²) in [6.07, 6.45) is 0. The van der Waals surface area contributed by atoms with Gasteiger partial charge in [0.2, 0.25) is 10.0 Å². The SMILES string of the molecule is CC(C)COc1ccccc1-c1c(S(N)(=O)=O)cccc1S(=O)(=O)O. The molecule has 0 heterocycles. The molecule has 0 aliphatic heterocycles. The molecular weight excluding hydrogens is 366 g/mol. The summed E-state index contributed by atoms with van der Waals surface area (Å²) in [7, 11) is -8.93. The molecule has 0 atom stereocenters. The van der Waals surface area contributed by atoms with E-state index in [0.717, 1.165) is 6.07 Å². The summed E-state index contributed by atoms with van der Waals surface area (Å²) in [5.74, 6) is 0.486. The van der Waals surface area contributed by atoms with E-state index in [2.05, 4.69) is 0 Å². The van der Waals surface area contributed by atoms with Gasteiger partial charge in [-0.2, -0.15) is 8.42 Å². The monoisotopic (exact) mass is 385 g/mol. The highest BCUT2D eigenvalue weighted by Crippen LogP contribution is 2.38. The molecule has 7 nitrogen and oxygen atoms in total. The summed E-state index contributed by atoms with van der Waals surface area (Å²) < 4.78 is 62.6. The number of benzene rings is 2. The van der Waals surface area contributed by atoms with Gasteiger partial charge in [-0.15, -0.1) is 0 Å². The molecule has 0 amide bonds. The van der Waals surface area contributed by atoms with E-state index >= 15 is 0 Å². The minimum absolute atomic E-state index is 0.197. The van der Waals surface area contributed by atoms with Crippen LogP contribution >= 0.6 is 0 Å². The van der Waals surface area contributed by atoms with Crippen molar-refractivity contribution in [3.05, 3.63) is 42.5 Å². The first-order valence-corrected chi connectivity index (χ1v) is 10.4. The van der Waals surface area contributed by atoms with Crippen LogP contribution in [0, 0.1) is 5.92 Å². The van der Waals surface area contributed by atoms with Gasteiger partial charge in [-0.05, 0) is 24.1 Å². The standard InChI is InChI=1S/C16H19NO6S2/c1-11(2)10-23-13-7-4-3-6-12(13)16-14(24(17,18)19)8-5-9-15(16)25(20,21)22/h3-9,11H,10H2,1-2H3,(H2,17,18,19)(H,20,21,22). The maximum absolute atomic E-state index is 11.9. The number of nitrogens with two attached hydrogens (primary N) is 1.